The first kappa shape index (κ1) is 15.9. The van der Waals surface area contributed by atoms with Gasteiger partial charge in [-0.1, -0.05) is 37.3 Å². The maximum Gasteiger partial charge on any atom is 0.270 e. The summed E-state index contributed by atoms with van der Waals surface area (Å²) in [6, 6.07) is 11.9. The third-order valence-corrected chi connectivity index (χ3v) is 3.16. The second-order valence-corrected chi connectivity index (χ2v) is 5.14. The molecule has 1 heterocycles. The van der Waals surface area contributed by atoms with Crippen LogP contribution in [0.25, 0.3) is 0 Å². The predicted octanol–water partition coefficient (Wildman–Crippen LogP) is 2.58. The summed E-state index contributed by atoms with van der Waals surface area (Å²) in [5.74, 6) is 0.344. The molecule has 1 aromatic carbocycles. The van der Waals surface area contributed by atoms with Gasteiger partial charge in [-0.3, -0.25) is 4.79 Å². The summed E-state index contributed by atoms with van der Waals surface area (Å²) in [6.07, 6.45) is 1.79. The Morgan fingerprint density at radius 2 is 1.91 bits per heavy atom. The average molecular weight is 298 g/mol. The molecule has 0 radical (unpaired) electrons. The summed E-state index contributed by atoms with van der Waals surface area (Å²) in [6.45, 7) is 5.25. The van der Waals surface area contributed by atoms with Gasteiger partial charge in [0.15, 0.2) is 0 Å². The molecule has 0 unspecified atom stereocenters. The van der Waals surface area contributed by atoms with Crippen LogP contribution in [0, 0.1) is 6.92 Å². The zero-order chi connectivity index (χ0) is 15.8. The molecule has 0 atom stereocenters. The van der Waals surface area contributed by atoms with Crippen molar-refractivity contribution in [2.45, 2.75) is 26.7 Å². The first-order valence-corrected chi connectivity index (χ1v) is 7.60. The van der Waals surface area contributed by atoms with Gasteiger partial charge in [0.25, 0.3) is 5.91 Å². The van der Waals surface area contributed by atoms with Crippen molar-refractivity contribution in [2.75, 3.05) is 18.4 Å². The monoisotopic (exact) mass is 298 g/mol. The predicted molar refractivity (Wildman–Crippen MR) is 88.0 cm³/mol. The average Bonchev–Trinajstić information content (AvgIpc) is 2.53. The fraction of sp³-hybridized carbons (Fsp3) is 0.353. The topological polar surface area (TPSA) is 66.9 Å². The molecule has 2 aromatic rings. The smallest absolute Gasteiger partial charge is 0.270 e. The molecule has 0 saturated carbocycles. The van der Waals surface area contributed by atoms with Gasteiger partial charge in [-0.05, 0) is 31.4 Å². The summed E-state index contributed by atoms with van der Waals surface area (Å²) in [4.78, 5) is 20.6. The lowest BCUT2D eigenvalue weighted by Crippen LogP contribution is -2.25. The zero-order valence-corrected chi connectivity index (χ0v) is 13.1. The summed E-state index contributed by atoms with van der Waals surface area (Å²) >= 11 is 0. The van der Waals surface area contributed by atoms with Crippen molar-refractivity contribution < 1.29 is 4.79 Å². The Hall–Kier alpha value is -2.43. The number of rotatable bonds is 7. The molecule has 5 nitrogen and oxygen atoms in total. The molecule has 2 N–H and O–H groups in total. The number of carbonyl (C=O) groups is 1. The van der Waals surface area contributed by atoms with Crippen LogP contribution in [0.1, 0.15) is 35.1 Å². The van der Waals surface area contributed by atoms with E-state index in [0.29, 0.717) is 18.2 Å². The van der Waals surface area contributed by atoms with Gasteiger partial charge < -0.3 is 10.6 Å². The largest absolute Gasteiger partial charge is 0.354 e. The van der Waals surface area contributed by atoms with Crippen LogP contribution in [-0.2, 0) is 6.42 Å². The van der Waals surface area contributed by atoms with E-state index in [1.165, 1.54) is 5.56 Å². The van der Waals surface area contributed by atoms with Crippen molar-refractivity contribution in [3.8, 4) is 0 Å². The Kier molecular flexibility index (Phi) is 5.89. The van der Waals surface area contributed by atoms with Crippen molar-refractivity contribution in [3.63, 3.8) is 0 Å². The van der Waals surface area contributed by atoms with E-state index in [1.807, 2.05) is 32.0 Å². The Balaban J connectivity index is 1.96. The molecule has 116 valence electrons. The maximum atomic E-state index is 12.0. The lowest BCUT2D eigenvalue weighted by molar-refractivity contribution is 0.0948. The number of nitrogens with zero attached hydrogens (tertiary/aromatic N) is 2. The molecule has 5 heteroatoms. The summed E-state index contributed by atoms with van der Waals surface area (Å²) in [5.41, 5.74) is 2.44. The molecule has 0 aliphatic carbocycles. The SMILES string of the molecule is CCCNC(=O)c1cc(C)nc(NCCc2ccccc2)n1. The molecular weight excluding hydrogens is 276 g/mol. The van der Waals surface area contributed by atoms with E-state index in [1.54, 1.807) is 6.07 Å². The van der Waals surface area contributed by atoms with E-state index in [9.17, 15) is 4.79 Å². The molecule has 1 amide bonds. The van der Waals surface area contributed by atoms with E-state index >= 15 is 0 Å². The fourth-order valence-corrected chi connectivity index (χ4v) is 2.06. The number of carbonyl (C=O) groups excluding carboxylic acids is 1. The second kappa shape index (κ2) is 8.12. The standard InChI is InChI=1S/C17H22N4O/c1-3-10-18-16(22)15-12-13(2)20-17(21-15)19-11-9-14-7-5-4-6-8-14/h4-8,12H,3,9-11H2,1-2H3,(H,18,22)(H,19,20,21). The zero-order valence-electron chi connectivity index (χ0n) is 13.1. The van der Waals surface area contributed by atoms with Crippen LogP contribution in [0.5, 0.6) is 0 Å². The van der Waals surface area contributed by atoms with E-state index in [-0.39, 0.29) is 5.91 Å². The molecule has 2 rings (SSSR count). The summed E-state index contributed by atoms with van der Waals surface area (Å²) < 4.78 is 0. The van der Waals surface area contributed by atoms with Gasteiger partial charge in [0.2, 0.25) is 5.95 Å². The van der Waals surface area contributed by atoms with Crippen molar-refractivity contribution in [1.82, 2.24) is 15.3 Å². The normalized spacial score (nSPS) is 10.3. The van der Waals surface area contributed by atoms with Gasteiger partial charge in [-0.25, -0.2) is 9.97 Å². The number of hydrogen-bond donors (Lipinski definition) is 2. The van der Waals surface area contributed by atoms with Crippen LogP contribution in [0.3, 0.4) is 0 Å². The molecule has 0 aliphatic rings. The molecule has 0 aliphatic heterocycles. The lowest BCUT2D eigenvalue weighted by atomic mass is 10.1. The highest BCUT2D eigenvalue weighted by atomic mass is 16.1. The third kappa shape index (κ3) is 4.84. The minimum atomic E-state index is -0.154. The number of nitrogens with one attached hydrogen (secondary N) is 2. The van der Waals surface area contributed by atoms with Crippen molar-refractivity contribution in [2.24, 2.45) is 0 Å². The molecule has 0 bridgehead atoms. The van der Waals surface area contributed by atoms with E-state index in [0.717, 1.165) is 25.1 Å². The molecule has 22 heavy (non-hydrogen) atoms. The van der Waals surface area contributed by atoms with Gasteiger partial charge in [0.1, 0.15) is 5.69 Å². The van der Waals surface area contributed by atoms with Crippen molar-refractivity contribution in [1.29, 1.82) is 0 Å². The minimum Gasteiger partial charge on any atom is -0.354 e. The van der Waals surface area contributed by atoms with Gasteiger partial charge >= 0.3 is 0 Å². The van der Waals surface area contributed by atoms with Crippen LogP contribution >= 0.6 is 0 Å². The number of hydrogen-bond acceptors (Lipinski definition) is 4. The quantitative estimate of drug-likeness (QED) is 0.824. The second-order valence-electron chi connectivity index (χ2n) is 5.14. The molecule has 1 aromatic heterocycles. The van der Waals surface area contributed by atoms with Crippen LogP contribution in [-0.4, -0.2) is 29.0 Å². The van der Waals surface area contributed by atoms with E-state index in [4.69, 9.17) is 0 Å². The number of anilines is 1. The number of benzene rings is 1. The van der Waals surface area contributed by atoms with Gasteiger partial charge in [-0.2, -0.15) is 0 Å². The number of amides is 1. The van der Waals surface area contributed by atoms with Crippen molar-refractivity contribution >= 4 is 11.9 Å². The fourth-order valence-electron chi connectivity index (χ4n) is 2.06. The molecular formula is C17H22N4O. The Bertz CT molecular complexity index is 613. The highest BCUT2D eigenvalue weighted by molar-refractivity contribution is 5.92. The lowest BCUT2D eigenvalue weighted by Gasteiger charge is -2.08. The number of aromatic nitrogens is 2. The molecule has 0 spiro atoms. The minimum absolute atomic E-state index is 0.154. The van der Waals surface area contributed by atoms with E-state index in [2.05, 4.69) is 32.7 Å². The molecule has 0 fully saturated rings. The Morgan fingerprint density at radius 1 is 1.14 bits per heavy atom. The number of aryl methyl sites for hydroxylation is 1. The first-order valence-electron chi connectivity index (χ1n) is 7.60. The van der Waals surface area contributed by atoms with Crippen LogP contribution in [0.15, 0.2) is 36.4 Å². The Morgan fingerprint density at radius 3 is 2.64 bits per heavy atom. The van der Waals surface area contributed by atoms with Gasteiger partial charge in [-0.15, -0.1) is 0 Å². The molecule has 0 saturated heterocycles. The van der Waals surface area contributed by atoms with Crippen LogP contribution in [0.2, 0.25) is 0 Å². The van der Waals surface area contributed by atoms with Crippen LogP contribution < -0.4 is 10.6 Å². The van der Waals surface area contributed by atoms with Crippen molar-refractivity contribution in [3.05, 3.63) is 53.3 Å². The van der Waals surface area contributed by atoms with Gasteiger partial charge in [0, 0.05) is 18.8 Å². The van der Waals surface area contributed by atoms with Gasteiger partial charge in [0.05, 0.1) is 0 Å². The van der Waals surface area contributed by atoms with E-state index < -0.39 is 0 Å². The third-order valence-electron chi connectivity index (χ3n) is 3.16. The summed E-state index contributed by atoms with van der Waals surface area (Å²) in [7, 11) is 0. The Labute approximate surface area is 131 Å². The maximum absolute atomic E-state index is 12.0. The first-order chi connectivity index (χ1) is 10.7. The van der Waals surface area contributed by atoms with Crippen LogP contribution in [0.4, 0.5) is 5.95 Å². The highest BCUT2D eigenvalue weighted by Gasteiger charge is 2.09. The summed E-state index contributed by atoms with van der Waals surface area (Å²) in [5, 5.41) is 6.01. The highest BCUT2D eigenvalue weighted by Crippen LogP contribution is 2.06.